The topological polar surface area (TPSA) is 272 Å². The molecule has 0 aliphatic carbocycles. The summed E-state index contributed by atoms with van der Waals surface area (Å²) in [5, 5.41) is 20.4. The molecule has 0 aliphatic heterocycles. The average Bonchev–Trinajstić information content (AvgIpc) is 2.99. The third kappa shape index (κ3) is 117. The molecule has 18 heteroatoms. The maximum atomic E-state index is 10.2. The summed E-state index contributed by atoms with van der Waals surface area (Å²) in [6.07, 6.45) is 39.7. The second-order valence-corrected chi connectivity index (χ2v) is 14.6. The Morgan fingerprint density at radius 2 is 0.444 bits per heavy atom. The molecule has 0 aromatic carbocycles. The summed E-state index contributed by atoms with van der Waals surface area (Å²) in [5.74, 6) is -1.81. The fourth-order valence-electron chi connectivity index (χ4n) is 5.28. The summed E-state index contributed by atoms with van der Waals surface area (Å²) in [6, 6.07) is 0. The van der Waals surface area contributed by atoms with Crippen molar-refractivity contribution in [1.29, 1.82) is 0 Å². The van der Waals surface area contributed by atoms with Gasteiger partial charge in [-0.25, -0.2) is 0 Å². The van der Waals surface area contributed by atoms with E-state index in [0.29, 0.717) is 0 Å². The molecule has 0 saturated carbocycles. The van der Waals surface area contributed by atoms with E-state index < -0.39 is 32.7 Å². The minimum atomic E-state index is -5.17. The van der Waals surface area contributed by atoms with E-state index in [-0.39, 0.29) is 132 Å². The molecule has 0 rings (SSSR count). The largest absolute Gasteiger partial charge is 2.00 e. The number of hydrogen-bond donors (Lipinski definition) is 0. The molecule has 0 unspecified atom stereocenters. The maximum absolute atomic E-state index is 10.2. The molecule has 312 valence electrons. The van der Waals surface area contributed by atoms with Crippen LogP contribution in [0.2, 0.25) is 0 Å². The van der Waals surface area contributed by atoms with Crippen LogP contribution in [0.15, 0.2) is 0 Å². The second kappa shape index (κ2) is 59.7. The van der Waals surface area contributed by atoms with E-state index in [9.17, 15) is 19.8 Å². The molecule has 0 heterocycles. The molecule has 0 bridgehead atoms. The van der Waals surface area contributed by atoms with Gasteiger partial charge in [-0.3, -0.25) is 16.8 Å². The quantitative estimate of drug-likeness (QED) is 0.0358. The summed E-state index contributed by atoms with van der Waals surface area (Å²) in [6.45, 7) is 4.53. The number of carbonyl (C=O) groups excluding carboxylic acids is 2. The van der Waals surface area contributed by atoms with Crippen molar-refractivity contribution in [1.82, 2.24) is 0 Å². The van der Waals surface area contributed by atoms with Gasteiger partial charge in [-0.15, -0.1) is 0 Å². The van der Waals surface area contributed by atoms with E-state index in [4.69, 9.17) is 35.0 Å². The first kappa shape index (κ1) is 73.9. The average molecular weight is 897 g/mol. The molecule has 0 amide bonds. The molecule has 0 fully saturated rings. The number of carbonyl (C=O) groups is 2. The van der Waals surface area contributed by atoms with Crippen molar-refractivity contribution in [2.45, 2.75) is 219 Å². The smallest absolute Gasteiger partial charge is 0.759 e. The van der Waals surface area contributed by atoms with Crippen LogP contribution in [0.4, 0.5) is 0 Å². The number of aliphatic carboxylic acids is 2. The standard InChI is InChI=1S/2C18H36O2.3Ca.2H2O4S.H2O/c2*1-2-3-4-5-6-7-8-9-10-11-12-13-14-15-16-17-18(19)20;;;;2*1-5(2,3)4;/h2*2-17H2,1H3,(H,19,20);;;;2*(H2,1,2,3,4);1H2/q;;3*+2;;;/p-6. The van der Waals surface area contributed by atoms with Crippen molar-refractivity contribution in [3.8, 4) is 0 Å². The van der Waals surface area contributed by atoms with Crippen molar-refractivity contribution in [2.24, 2.45) is 0 Å². The molecular formula is C36H72Ca3O13S2. The van der Waals surface area contributed by atoms with E-state index in [0.717, 1.165) is 25.7 Å². The molecule has 54 heavy (non-hydrogen) atoms. The Labute approximate surface area is 420 Å². The first-order valence-corrected chi connectivity index (χ1v) is 21.9. The molecule has 0 aromatic heterocycles. The van der Waals surface area contributed by atoms with Gasteiger partial charge < -0.3 is 43.5 Å². The Balaban J connectivity index is -0.0000000982. The summed E-state index contributed by atoms with van der Waals surface area (Å²) < 4.78 is 68.2. The minimum Gasteiger partial charge on any atom is -0.759 e. The molecule has 0 aromatic rings. The third-order valence-electron chi connectivity index (χ3n) is 7.97. The van der Waals surface area contributed by atoms with Crippen molar-refractivity contribution in [3.05, 3.63) is 0 Å². The predicted molar refractivity (Wildman–Crippen MR) is 211 cm³/mol. The monoisotopic (exact) mass is 896 g/mol. The van der Waals surface area contributed by atoms with E-state index in [1.807, 2.05) is 0 Å². The molecular weight excluding hydrogens is 825 g/mol. The normalized spacial score (nSPS) is 10.2. The first-order valence-electron chi connectivity index (χ1n) is 19.3. The SMILES string of the molecule is CCCCCCCCCCCCCCCCCC(=O)[O-].CCCCCCCCCCCCCCCCCC(=O)[O-].O.O=S(=O)([O-])[O-].O=S(=O)([O-])[O-].[Ca+2].[Ca+2].[Ca+2]. The van der Waals surface area contributed by atoms with Gasteiger partial charge in [0, 0.05) is 32.7 Å². The van der Waals surface area contributed by atoms with Crippen LogP contribution < -0.4 is 10.2 Å². The Morgan fingerprint density at radius 3 is 0.556 bits per heavy atom. The van der Waals surface area contributed by atoms with Gasteiger partial charge in [-0.05, 0) is 25.7 Å². The van der Waals surface area contributed by atoms with Gasteiger partial charge in [0.15, 0.2) is 0 Å². The van der Waals surface area contributed by atoms with E-state index >= 15 is 0 Å². The zero-order valence-electron chi connectivity index (χ0n) is 34.0. The van der Waals surface area contributed by atoms with Crippen LogP contribution in [0, 0.1) is 0 Å². The first-order chi connectivity index (χ1) is 23.5. The number of rotatable bonds is 32. The Morgan fingerprint density at radius 1 is 0.333 bits per heavy atom. The second-order valence-electron chi connectivity index (χ2n) is 13.0. The number of carboxylic acid groups (broad SMARTS) is 2. The Bertz CT molecular complexity index is 839. The van der Waals surface area contributed by atoms with Crippen molar-refractivity contribution in [2.75, 3.05) is 0 Å². The fourth-order valence-corrected chi connectivity index (χ4v) is 5.28. The Hall–Kier alpha value is 2.42. The van der Waals surface area contributed by atoms with Gasteiger partial charge in [-0.2, -0.15) is 0 Å². The molecule has 0 aliphatic rings. The molecule has 13 nitrogen and oxygen atoms in total. The maximum Gasteiger partial charge on any atom is 2.00 e. The van der Waals surface area contributed by atoms with Crippen molar-refractivity contribution >= 4 is 146 Å². The minimum absolute atomic E-state index is 0. The molecule has 0 spiro atoms. The molecule has 2 N–H and O–H groups in total. The fraction of sp³-hybridized carbons (Fsp3) is 0.944. The molecule has 0 saturated heterocycles. The zero-order valence-corrected chi connectivity index (χ0v) is 42.2. The van der Waals surface area contributed by atoms with Gasteiger partial charge in [0.25, 0.3) is 0 Å². The van der Waals surface area contributed by atoms with Gasteiger partial charge in [0.05, 0.1) is 0 Å². The summed E-state index contributed by atoms with van der Waals surface area (Å²) in [5.41, 5.74) is 0. The van der Waals surface area contributed by atoms with Crippen LogP contribution in [0.25, 0.3) is 0 Å². The summed E-state index contributed by atoms with van der Waals surface area (Å²) >= 11 is 0. The van der Waals surface area contributed by atoms with E-state index in [1.54, 1.807) is 0 Å². The van der Waals surface area contributed by atoms with Gasteiger partial charge in [0.2, 0.25) is 0 Å². The van der Waals surface area contributed by atoms with Crippen LogP contribution in [-0.4, -0.2) is 166 Å². The van der Waals surface area contributed by atoms with E-state index in [1.165, 1.54) is 167 Å². The van der Waals surface area contributed by atoms with Gasteiger partial charge >= 0.3 is 113 Å². The summed E-state index contributed by atoms with van der Waals surface area (Å²) in [4.78, 5) is 20.4. The number of unbranched alkanes of at least 4 members (excludes halogenated alkanes) is 28. The predicted octanol–water partition coefficient (Wildman–Crippen LogP) is 5.35. The number of hydrogen-bond acceptors (Lipinski definition) is 12. The van der Waals surface area contributed by atoms with Crippen LogP contribution in [0.3, 0.4) is 0 Å². The van der Waals surface area contributed by atoms with Crippen LogP contribution >= 0.6 is 0 Å². The molecule has 0 radical (unpaired) electrons. The zero-order chi connectivity index (χ0) is 38.8. The third-order valence-corrected chi connectivity index (χ3v) is 7.97. The number of carboxylic acids is 2. The van der Waals surface area contributed by atoms with Crippen LogP contribution in [-0.2, 0) is 30.4 Å². The van der Waals surface area contributed by atoms with Gasteiger partial charge in [0.1, 0.15) is 0 Å². The van der Waals surface area contributed by atoms with Crippen LogP contribution in [0.5, 0.6) is 0 Å². The van der Waals surface area contributed by atoms with Crippen LogP contribution in [0.1, 0.15) is 219 Å². The summed E-state index contributed by atoms with van der Waals surface area (Å²) in [7, 11) is -10.3. The Kier molecular flexibility index (Phi) is 81.8. The van der Waals surface area contributed by atoms with Crippen molar-refractivity contribution in [3.63, 3.8) is 0 Å². The van der Waals surface area contributed by atoms with E-state index in [2.05, 4.69) is 13.8 Å². The van der Waals surface area contributed by atoms with Gasteiger partial charge in [-0.1, -0.05) is 194 Å². The molecule has 0 atom stereocenters. The van der Waals surface area contributed by atoms with Crippen molar-refractivity contribution < 1.29 is 60.3 Å².